The average Bonchev–Trinajstić information content (AvgIpc) is 2.23. The molecule has 1 aliphatic heterocycles. The summed E-state index contributed by atoms with van der Waals surface area (Å²) in [6.07, 6.45) is 2.82. The summed E-state index contributed by atoms with van der Waals surface area (Å²) >= 11 is 0. The lowest BCUT2D eigenvalue weighted by Gasteiger charge is -2.32. The Labute approximate surface area is 116 Å². The Kier molecular flexibility index (Phi) is 5.24. The fourth-order valence-corrected chi connectivity index (χ4v) is 3.37. The lowest BCUT2D eigenvalue weighted by atomic mass is 9.97. The number of piperidine rings is 1. The van der Waals surface area contributed by atoms with E-state index in [9.17, 15) is 13.2 Å². The highest BCUT2D eigenvalue weighted by atomic mass is 32.2. The molecule has 0 aromatic carbocycles. The molecule has 1 aliphatic rings. The second kappa shape index (κ2) is 6.11. The van der Waals surface area contributed by atoms with Crippen LogP contribution in [0.4, 0.5) is 4.79 Å². The van der Waals surface area contributed by atoms with Crippen LogP contribution in [0.1, 0.15) is 33.6 Å². The highest BCUT2D eigenvalue weighted by molar-refractivity contribution is 7.90. The number of nitrogens with zero attached hydrogens (tertiary/aromatic N) is 1. The van der Waals surface area contributed by atoms with Gasteiger partial charge in [0.25, 0.3) is 0 Å². The number of hydrogen-bond acceptors (Lipinski definition) is 3. The van der Waals surface area contributed by atoms with Crippen molar-refractivity contribution in [2.75, 3.05) is 31.6 Å². The van der Waals surface area contributed by atoms with Crippen molar-refractivity contribution in [3.63, 3.8) is 0 Å². The first-order valence-corrected chi connectivity index (χ1v) is 8.83. The summed E-state index contributed by atoms with van der Waals surface area (Å²) in [4.78, 5) is 13.7. The van der Waals surface area contributed by atoms with E-state index in [4.69, 9.17) is 0 Å². The molecule has 0 bridgehead atoms. The van der Waals surface area contributed by atoms with Gasteiger partial charge in [0.1, 0.15) is 9.84 Å². The van der Waals surface area contributed by atoms with Crippen molar-refractivity contribution in [1.29, 1.82) is 0 Å². The van der Waals surface area contributed by atoms with Gasteiger partial charge in [-0.1, -0.05) is 20.8 Å². The summed E-state index contributed by atoms with van der Waals surface area (Å²) in [5.41, 5.74) is 0.0737. The first-order valence-electron chi connectivity index (χ1n) is 6.77. The summed E-state index contributed by atoms with van der Waals surface area (Å²) in [6, 6.07) is -0.0345. The maximum absolute atomic E-state index is 11.9. The maximum atomic E-state index is 11.9. The van der Waals surface area contributed by atoms with Crippen molar-refractivity contribution in [1.82, 2.24) is 10.2 Å². The minimum absolute atomic E-state index is 0.0345. The van der Waals surface area contributed by atoms with Crippen LogP contribution in [0, 0.1) is 11.3 Å². The highest BCUT2D eigenvalue weighted by Crippen LogP contribution is 2.19. The third-order valence-electron chi connectivity index (χ3n) is 3.21. The van der Waals surface area contributed by atoms with Crippen molar-refractivity contribution >= 4 is 15.9 Å². The van der Waals surface area contributed by atoms with Crippen LogP contribution in [-0.4, -0.2) is 51.0 Å². The topological polar surface area (TPSA) is 66.5 Å². The van der Waals surface area contributed by atoms with Gasteiger partial charge in [-0.3, -0.25) is 0 Å². The van der Waals surface area contributed by atoms with Crippen LogP contribution in [0.2, 0.25) is 0 Å². The normalized spacial score (nSPS) is 18.4. The Balaban J connectivity index is 2.35. The lowest BCUT2D eigenvalue weighted by Crippen LogP contribution is -2.47. The fourth-order valence-electron chi connectivity index (χ4n) is 2.18. The molecular formula is C13H26N2O3S. The van der Waals surface area contributed by atoms with Gasteiger partial charge in [0.15, 0.2) is 0 Å². The Morgan fingerprint density at radius 3 is 2.21 bits per heavy atom. The van der Waals surface area contributed by atoms with Crippen LogP contribution in [0.15, 0.2) is 0 Å². The third-order valence-corrected chi connectivity index (χ3v) is 4.29. The lowest BCUT2D eigenvalue weighted by molar-refractivity contribution is 0.170. The van der Waals surface area contributed by atoms with Gasteiger partial charge in [-0.25, -0.2) is 13.2 Å². The molecule has 0 aromatic rings. The predicted molar refractivity (Wildman–Crippen MR) is 76.9 cm³/mol. The van der Waals surface area contributed by atoms with Gasteiger partial charge >= 0.3 is 6.03 Å². The van der Waals surface area contributed by atoms with Gasteiger partial charge in [-0.2, -0.15) is 0 Å². The van der Waals surface area contributed by atoms with Crippen LogP contribution in [0.5, 0.6) is 0 Å². The maximum Gasteiger partial charge on any atom is 0.317 e. The number of rotatable bonds is 3. The van der Waals surface area contributed by atoms with Crippen LogP contribution >= 0.6 is 0 Å². The Bertz CT molecular complexity index is 404. The van der Waals surface area contributed by atoms with Crippen molar-refractivity contribution in [3.8, 4) is 0 Å². The molecule has 0 spiro atoms. The van der Waals surface area contributed by atoms with Gasteiger partial charge in [-0.15, -0.1) is 0 Å². The molecule has 0 atom stereocenters. The van der Waals surface area contributed by atoms with E-state index in [2.05, 4.69) is 26.1 Å². The molecule has 1 fully saturated rings. The number of carbonyl (C=O) groups is 1. The van der Waals surface area contributed by atoms with Crippen molar-refractivity contribution in [2.45, 2.75) is 33.6 Å². The molecule has 0 unspecified atom stereocenters. The van der Waals surface area contributed by atoms with Crippen LogP contribution in [0.3, 0.4) is 0 Å². The average molecular weight is 290 g/mol. The first kappa shape index (κ1) is 16.3. The fraction of sp³-hybridized carbons (Fsp3) is 0.923. The molecule has 1 N–H and O–H groups in total. The number of amides is 2. The zero-order valence-electron chi connectivity index (χ0n) is 12.4. The summed E-state index contributed by atoms with van der Waals surface area (Å²) < 4.78 is 22.5. The monoisotopic (exact) mass is 290 g/mol. The standard InChI is InChI=1S/C13H26N2O3S/c1-13(2,3)10-14-12(16)15-7-5-11(6-8-15)9-19(4,17)18/h11H,5-10H2,1-4H3,(H,14,16). The van der Waals surface area contributed by atoms with E-state index in [1.54, 1.807) is 4.90 Å². The Morgan fingerprint density at radius 1 is 1.26 bits per heavy atom. The van der Waals surface area contributed by atoms with Crippen LogP contribution in [0.25, 0.3) is 0 Å². The molecular weight excluding hydrogens is 264 g/mol. The molecule has 0 aromatic heterocycles. The predicted octanol–water partition coefficient (Wildman–Crippen LogP) is 1.50. The Morgan fingerprint density at radius 2 is 1.79 bits per heavy atom. The van der Waals surface area contributed by atoms with Gasteiger partial charge in [-0.05, 0) is 24.2 Å². The minimum atomic E-state index is -2.91. The van der Waals surface area contributed by atoms with Gasteiger partial charge in [0.2, 0.25) is 0 Å². The number of urea groups is 1. The molecule has 112 valence electrons. The van der Waals surface area contributed by atoms with Crippen LogP contribution in [-0.2, 0) is 9.84 Å². The third kappa shape index (κ3) is 6.80. The molecule has 1 saturated heterocycles. The first-order chi connectivity index (χ1) is 8.57. The largest absolute Gasteiger partial charge is 0.337 e. The molecule has 6 heteroatoms. The SMILES string of the molecule is CC(C)(C)CNC(=O)N1CCC(CS(C)(=O)=O)CC1. The van der Waals surface area contributed by atoms with Crippen molar-refractivity contribution in [2.24, 2.45) is 11.3 Å². The highest BCUT2D eigenvalue weighted by Gasteiger charge is 2.25. The second-order valence-corrected chi connectivity index (χ2v) is 8.93. The van der Waals surface area contributed by atoms with E-state index in [1.165, 1.54) is 6.26 Å². The minimum Gasteiger partial charge on any atom is -0.337 e. The molecule has 2 amide bonds. The summed E-state index contributed by atoms with van der Waals surface area (Å²) in [5.74, 6) is 0.437. The van der Waals surface area contributed by atoms with E-state index in [-0.39, 0.29) is 23.1 Å². The molecule has 1 heterocycles. The molecule has 19 heavy (non-hydrogen) atoms. The van der Waals surface area contributed by atoms with Gasteiger partial charge < -0.3 is 10.2 Å². The van der Waals surface area contributed by atoms with E-state index in [1.807, 2.05) is 0 Å². The zero-order valence-corrected chi connectivity index (χ0v) is 13.2. The van der Waals surface area contributed by atoms with E-state index in [0.717, 1.165) is 12.8 Å². The van der Waals surface area contributed by atoms with E-state index in [0.29, 0.717) is 19.6 Å². The smallest absolute Gasteiger partial charge is 0.317 e. The molecule has 1 rings (SSSR count). The molecule has 0 saturated carbocycles. The zero-order chi connectivity index (χ0) is 14.7. The van der Waals surface area contributed by atoms with E-state index >= 15 is 0 Å². The molecule has 0 aliphatic carbocycles. The number of nitrogens with one attached hydrogen (secondary N) is 1. The van der Waals surface area contributed by atoms with Crippen LogP contribution < -0.4 is 5.32 Å². The molecule has 5 nitrogen and oxygen atoms in total. The van der Waals surface area contributed by atoms with Gasteiger partial charge in [0.05, 0.1) is 5.75 Å². The summed E-state index contributed by atoms with van der Waals surface area (Å²) in [7, 11) is -2.91. The quantitative estimate of drug-likeness (QED) is 0.856. The van der Waals surface area contributed by atoms with Crippen molar-refractivity contribution < 1.29 is 13.2 Å². The second-order valence-electron chi connectivity index (χ2n) is 6.74. The summed E-state index contributed by atoms with van der Waals surface area (Å²) in [6.45, 7) is 8.17. The summed E-state index contributed by atoms with van der Waals surface area (Å²) in [5, 5.41) is 2.92. The van der Waals surface area contributed by atoms with Crippen molar-refractivity contribution in [3.05, 3.63) is 0 Å². The van der Waals surface area contributed by atoms with E-state index < -0.39 is 9.84 Å². The number of sulfone groups is 1. The Hall–Kier alpha value is -0.780. The number of likely N-dealkylation sites (tertiary alicyclic amines) is 1. The number of hydrogen-bond donors (Lipinski definition) is 1. The molecule has 0 radical (unpaired) electrons. The number of carbonyl (C=O) groups excluding carboxylic acids is 1. The van der Waals surface area contributed by atoms with Gasteiger partial charge in [0, 0.05) is 25.9 Å².